The second-order valence-corrected chi connectivity index (χ2v) is 21.0. The fraction of sp³-hybridized carbons (Fsp3) is 0.312. The number of hydrogen-bond acceptors (Lipinski definition) is 8. The van der Waals surface area contributed by atoms with Gasteiger partial charge in [-0.25, -0.2) is 0 Å². The zero-order valence-electron chi connectivity index (χ0n) is 34.7. The molecule has 0 saturated carbocycles. The number of aliphatic hydroxyl groups is 1. The standard InChI is InChI=1S/C48H51N3O8Si/c1-32-46(60(4,5)38-21-18-36(56-2)19-22-38)43(28-44(53)49(24-25-52)29-33-12-7-6-8-13-33)59-48(32)39-27-37(57-3)20-23-40(39)50(47(48)55)30-34-14-11-15-35(26-34)51-41-16-9-10-17-42(41)58-31-45(51)54/h6-23,26-27,32,43,46,52H,24-25,28-31H2,1-5H3/t32-,43+,46-,48+/m0/s1. The number of benzene rings is 5. The van der Waals surface area contributed by atoms with E-state index in [1.807, 2.05) is 109 Å². The molecule has 3 aliphatic heterocycles. The van der Waals surface area contributed by atoms with Gasteiger partial charge in [0, 0.05) is 30.3 Å². The van der Waals surface area contributed by atoms with Gasteiger partial charge in [-0.05, 0) is 71.3 Å². The molecule has 0 radical (unpaired) electrons. The highest BCUT2D eigenvalue weighted by atomic mass is 28.3. The van der Waals surface area contributed by atoms with E-state index in [0.717, 1.165) is 22.1 Å². The lowest BCUT2D eigenvalue weighted by molar-refractivity contribution is -0.150. The van der Waals surface area contributed by atoms with Gasteiger partial charge >= 0.3 is 0 Å². The van der Waals surface area contributed by atoms with Gasteiger partial charge in [0.25, 0.3) is 11.8 Å². The van der Waals surface area contributed by atoms with Crippen molar-refractivity contribution in [3.8, 4) is 17.2 Å². The van der Waals surface area contributed by atoms with Gasteiger partial charge in [0.1, 0.15) is 17.2 Å². The lowest BCUT2D eigenvalue weighted by Gasteiger charge is -2.37. The summed E-state index contributed by atoms with van der Waals surface area (Å²) in [5.74, 6) is 1.03. The van der Waals surface area contributed by atoms with Crippen LogP contribution in [-0.2, 0) is 37.8 Å². The number of hydrogen-bond donors (Lipinski definition) is 1. The quantitative estimate of drug-likeness (QED) is 0.127. The fourth-order valence-electron chi connectivity index (χ4n) is 9.66. The molecule has 0 aliphatic carbocycles. The molecular formula is C48H51N3O8Si. The molecule has 11 nitrogen and oxygen atoms in total. The zero-order chi connectivity index (χ0) is 42.2. The van der Waals surface area contributed by atoms with E-state index in [4.69, 9.17) is 18.9 Å². The van der Waals surface area contributed by atoms with Crippen molar-refractivity contribution >= 4 is 48.0 Å². The highest BCUT2D eigenvalue weighted by Crippen LogP contribution is 2.60. The van der Waals surface area contributed by atoms with Crippen molar-refractivity contribution < 1.29 is 38.4 Å². The van der Waals surface area contributed by atoms with Crippen molar-refractivity contribution in [1.29, 1.82) is 0 Å². The maximum absolute atomic E-state index is 15.6. The SMILES string of the molecule is COc1ccc([Si](C)(C)[C@@H]2[C@@H](CC(=O)N(CCO)Cc3ccccc3)O[C@]3(C(=O)N(Cc4cccc(N5C(=O)COc6ccccc65)c4)c4ccc(OC)cc43)[C@H]2C)cc1. The molecule has 3 amide bonds. The van der Waals surface area contributed by atoms with Gasteiger partial charge in [0.15, 0.2) is 12.2 Å². The van der Waals surface area contributed by atoms with Crippen LogP contribution in [0.4, 0.5) is 17.1 Å². The lowest BCUT2D eigenvalue weighted by atomic mass is 9.82. The van der Waals surface area contributed by atoms with Crippen LogP contribution in [0.2, 0.25) is 18.6 Å². The molecule has 1 fully saturated rings. The average molecular weight is 826 g/mol. The molecule has 3 aliphatic rings. The van der Waals surface area contributed by atoms with E-state index in [-0.39, 0.29) is 61.9 Å². The summed E-state index contributed by atoms with van der Waals surface area (Å²) >= 11 is 0. The van der Waals surface area contributed by atoms with Crippen LogP contribution in [0.1, 0.15) is 30.0 Å². The molecule has 1 N–H and O–H groups in total. The van der Waals surface area contributed by atoms with Crippen LogP contribution in [0.5, 0.6) is 17.2 Å². The van der Waals surface area contributed by atoms with Crippen molar-refractivity contribution in [3.63, 3.8) is 0 Å². The molecular weight excluding hydrogens is 775 g/mol. The predicted octanol–water partition coefficient (Wildman–Crippen LogP) is 6.93. The number of methoxy groups -OCH3 is 2. The minimum absolute atomic E-state index is 0.0276. The van der Waals surface area contributed by atoms with Crippen LogP contribution >= 0.6 is 0 Å². The molecule has 1 saturated heterocycles. The molecule has 4 atom stereocenters. The molecule has 310 valence electrons. The molecule has 12 heteroatoms. The van der Waals surface area contributed by atoms with E-state index in [1.54, 1.807) is 28.9 Å². The fourth-order valence-corrected chi connectivity index (χ4v) is 13.7. The third kappa shape index (κ3) is 7.22. The van der Waals surface area contributed by atoms with Crippen LogP contribution in [0, 0.1) is 5.92 Å². The van der Waals surface area contributed by atoms with Crippen molar-refractivity contribution in [1.82, 2.24) is 4.90 Å². The van der Waals surface area contributed by atoms with Gasteiger partial charge in [0.2, 0.25) is 5.91 Å². The first kappa shape index (κ1) is 40.8. The highest BCUT2D eigenvalue weighted by Gasteiger charge is 2.66. The maximum atomic E-state index is 15.6. The Kier molecular flexibility index (Phi) is 11.3. The predicted molar refractivity (Wildman–Crippen MR) is 233 cm³/mol. The molecule has 1 spiro atoms. The number of ether oxygens (including phenoxy) is 4. The van der Waals surface area contributed by atoms with Crippen molar-refractivity contribution in [2.24, 2.45) is 5.92 Å². The Morgan fingerprint density at radius 2 is 1.55 bits per heavy atom. The van der Waals surface area contributed by atoms with Gasteiger partial charge in [0.05, 0.1) is 59.3 Å². The van der Waals surface area contributed by atoms with E-state index in [1.165, 1.54) is 0 Å². The first-order valence-corrected chi connectivity index (χ1v) is 23.5. The summed E-state index contributed by atoms with van der Waals surface area (Å²) in [5, 5.41) is 11.2. The van der Waals surface area contributed by atoms with E-state index in [0.29, 0.717) is 40.7 Å². The van der Waals surface area contributed by atoms with E-state index < -0.39 is 19.8 Å². The highest BCUT2D eigenvalue weighted by molar-refractivity contribution is 6.91. The molecule has 3 heterocycles. The van der Waals surface area contributed by atoms with Crippen LogP contribution in [0.25, 0.3) is 0 Å². The topological polar surface area (TPSA) is 118 Å². The zero-order valence-corrected chi connectivity index (χ0v) is 35.7. The molecule has 60 heavy (non-hydrogen) atoms. The first-order chi connectivity index (χ1) is 29.0. The number of nitrogens with zero attached hydrogens (tertiary/aromatic N) is 3. The molecule has 0 bridgehead atoms. The molecule has 5 aromatic carbocycles. The molecule has 0 unspecified atom stereocenters. The third-order valence-corrected chi connectivity index (χ3v) is 16.9. The van der Waals surface area contributed by atoms with Gasteiger partial charge < -0.3 is 33.9 Å². The molecule has 8 rings (SSSR count). The number of aliphatic hydroxyl groups excluding tert-OH is 1. The Bertz CT molecular complexity index is 2390. The summed E-state index contributed by atoms with van der Waals surface area (Å²) in [6, 6.07) is 38.6. The van der Waals surface area contributed by atoms with Gasteiger partial charge in [-0.2, -0.15) is 0 Å². The second-order valence-electron chi connectivity index (χ2n) is 16.3. The molecule has 5 aromatic rings. The summed E-state index contributed by atoms with van der Waals surface area (Å²) in [6.45, 7) is 7.10. The Morgan fingerprint density at radius 1 is 0.850 bits per heavy atom. The summed E-state index contributed by atoms with van der Waals surface area (Å²) < 4.78 is 24.3. The van der Waals surface area contributed by atoms with Gasteiger partial charge in [-0.3, -0.25) is 19.3 Å². The Morgan fingerprint density at radius 3 is 2.28 bits per heavy atom. The Balaban J connectivity index is 1.19. The summed E-state index contributed by atoms with van der Waals surface area (Å²) in [6.07, 6.45) is -0.605. The summed E-state index contributed by atoms with van der Waals surface area (Å²) in [4.78, 5) is 48.4. The van der Waals surface area contributed by atoms with Gasteiger partial charge in [-0.1, -0.05) is 91.9 Å². The van der Waals surface area contributed by atoms with Crippen molar-refractivity contribution in [2.75, 3.05) is 43.8 Å². The van der Waals surface area contributed by atoms with Crippen LogP contribution in [0.15, 0.2) is 121 Å². The third-order valence-electron chi connectivity index (χ3n) is 12.6. The van der Waals surface area contributed by atoms with E-state index in [9.17, 15) is 14.7 Å². The molecule has 0 aromatic heterocycles. The smallest absolute Gasteiger partial charge is 0.269 e. The largest absolute Gasteiger partial charge is 0.497 e. The number of fused-ring (bicyclic) bond motifs is 3. The maximum Gasteiger partial charge on any atom is 0.269 e. The van der Waals surface area contributed by atoms with Crippen molar-refractivity contribution in [2.45, 2.75) is 56.8 Å². The lowest BCUT2D eigenvalue weighted by Crippen LogP contribution is -2.52. The van der Waals surface area contributed by atoms with Crippen molar-refractivity contribution in [3.05, 3.63) is 138 Å². The summed E-state index contributed by atoms with van der Waals surface area (Å²) in [7, 11) is 0.667. The van der Waals surface area contributed by atoms with Crippen LogP contribution in [0.3, 0.4) is 0 Å². The number of carbonyl (C=O) groups excluding carboxylic acids is 3. The van der Waals surface area contributed by atoms with E-state index in [2.05, 4.69) is 32.2 Å². The number of carbonyl (C=O) groups is 3. The number of para-hydroxylation sites is 2. The van der Waals surface area contributed by atoms with E-state index >= 15 is 4.79 Å². The number of anilines is 3. The van der Waals surface area contributed by atoms with Gasteiger partial charge in [-0.15, -0.1) is 0 Å². The van der Waals surface area contributed by atoms with Crippen LogP contribution in [-0.4, -0.2) is 75.9 Å². The minimum atomic E-state index is -2.58. The minimum Gasteiger partial charge on any atom is -0.497 e. The Labute approximate surface area is 352 Å². The number of amides is 3. The average Bonchev–Trinajstić information content (AvgIpc) is 3.69. The number of rotatable bonds is 13. The Hall–Kier alpha value is -5.95. The summed E-state index contributed by atoms with van der Waals surface area (Å²) in [5.41, 5.74) is 2.87. The second kappa shape index (κ2) is 16.6. The monoisotopic (exact) mass is 825 g/mol. The first-order valence-electron chi connectivity index (χ1n) is 20.4. The van der Waals surface area contributed by atoms with Crippen LogP contribution < -0.4 is 29.2 Å². The normalized spacial score (nSPS) is 20.8.